The van der Waals surface area contributed by atoms with Crippen molar-refractivity contribution in [3.05, 3.63) is 29.8 Å². The number of nitrogens with zero attached hydrogens (tertiary/aromatic N) is 2. The van der Waals surface area contributed by atoms with Gasteiger partial charge >= 0.3 is 0 Å². The lowest BCUT2D eigenvalue weighted by molar-refractivity contribution is -0.138. The molecule has 0 aliphatic carbocycles. The molecule has 0 unspecified atom stereocenters. The predicted octanol–water partition coefficient (Wildman–Crippen LogP) is 2.02. The van der Waals surface area contributed by atoms with Gasteiger partial charge in [0, 0.05) is 12.6 Å². The number of benzene rings is 1. The maximum atomic E-state index is 13.7. The van der Waals surface area contributed by atoms with Gasteiger partial charge in [0.25, 0.3) is 0 Å². The number of β-lactam (4-membered cyclic amide) rings is 1. The molecule has 19 heavy (non-hydrogen) atoms. The van der Waals surface area contributed by atoms with Crippen molar-refractivity contribution in [2.75, 3.05) is 31.6 Å². The summed E-state index contributed by atoms with van der Waals surface area (Å²) in [5.41, 5.74) is -0.121. The van der Waals surface area contributed by atoms with E-state index in [1.807, 2.05) is 7.05 Å². The molecule has 2 aliphatic heterocycles. The fourth-order valence-electron chi connectivity index (χ4n) is 2.95. The molecule has 0 aromatic heterocycles. The smallest absolute Gasteiger partial charge is 0.235 e. The maximum absolute atomic E-state index is 13.7. The molecule has 3 rings (SSSR count). The van der Waals surface area contributed by atoms with E-state index in [-0.39, 0.29) is 17.0 Å². The maximum Gasteiger partial charge on any atom is 0.235 e. The highest BCUT2D eigenvalue weighted by Gasteiger charge is 2.53. The van der Waals surface area contributed by atoms with E-state index in [0.717, 1.165) is 32.0 Å². The second-order valence-electron chi connectivity index (χ2n) is 5.57. The number of hydrogen-bond acceptors (Lipinski definition) is 2. The topological polar surface area (TPSA) is 23.6 Å². The van der Waals surface area contributed by atoms with Crippen molar-refractivity contribution >= 4 is 11.6 Å². The number of piperidine rings is 1. The summed E-state index contributed by atoms with van der Waals surface area (Å²) in [7, 11) is 2.04. The standard InChI is InChI=1S/C14H16F2N2O/c1-17-6-4-14(5-7-17)9-18(13(14)19)12-3-2-10(15)8-11(12)16/h2-3,8H,4-7,9H2,1H3. The normalized spacial score (nSPS) is 22.7. The molecule has 5 heteroatoms. The molecule has 1 aromatic carbocycles. The van der Waals surface area contributed by atoms with Crippen LogP contribution in [0.3, 0.4) is 0 Å². The van der Waals surface area contributed by atoms with Crippen LogP contribution in [0.15, 0.2) is 18.2 Å². The number of amides is 1. The molecule has 2 heterocycles. The van der Waals surface area contributed by atoms with Gasteiger partial charge in [-0.25, -0.2) is 8.78 Å². The summed E-state index contributed by atoms with van der Waals surface area (Å²) in [4.78, 5) is 16.0. The molecular formula is C14H16F2N2O. The zero-order valence-electron chi connectivity index (χ0n) is 10.8. The zero-order chi connectivity index (χ0) is 13.6. The van der Waals surface area contributed by atoms with E-state index in [0.29, 0.717) is 6.54 Å². The molecule has 1 amide bonds. The van der Waals surface area contributed by atoms with Gasteiger partial charge in [0.05, 0.1) is 11.1 Å². The first kappa shape index (κ1) is 12.5. The summed E-state index contributed by atoms with van der Waals surface area (Å²) in [6.45, 7) is 2.33. The molecule has 0 radical (unpaired) electrons. The van der Waals surface area contributed by atoms with Crippen molar-refractivity contribution in [3.8, 4) is 0 Å². The molecule has 1 aromatic rings. The Bertz CT molecular complexity index is 524. The van der Waals surface area contributed by atoms with E-state index in [4.69, 9.17) is 0 Å². The summed E-state index contributed by atoms with van der Waals surface area (Å²) in [5, 5.41) is 0. The van der Waals surface area contributed by atoms with Crippen molar-refractivity contribution < 1.29 is 13.6 Å². The van der Waals surface area contributed by atoms with Crippen molar-refractivity contribution in [1.29, 1.82) is 0 Å². The van der Waals surface area contributed by atoms with E-state index < -0.39 is 11.6 Å². The molecule has 0 saturated carbocycles. The summed E-state index contributed by atoms with van der Waals surface area (Å²) in [6, 6.07) is 3.35. The largest absolute Gasteiger partial charge is 0.308 e. The fourth-order valence-corrected chi connectivity index (χ4v) is 2.95. The third kappa shape index (κ3) is 1.92. The van der Waals surface area contributed by atoms with Crippen LogP contribution in [0.4, 0.5) is 14.5 Å². The van der Waals surface area contributed by atoms with E-state index >= 15 is 0 Å². The highest BCUT2D eigenvalue weighted by molar-refractivity contribution is 6.04. The first-order valence-corrected chi connectivity index (χ1v) is 6.47. The van der Waals surface area contributed by atoms with Crippen LogP contribution in [-0.2, 0) is 4.79 Å². The number of halogens is 2. The predicted molar refractivity (Wildman–Crippen MR) is 67.9 cm³/mol. The van der Waals surface area contributed by atoms with E-state index in [1.165, 1.54) is 17.0 Å². The molecule has 2 aliphatic rings. The Morgan fingerprint density at radius 3 is 2.47 bits per heavy atom. The lowest BCUT2D eigenvalue weighted by Crippen LogP contribution is -2.65. The Labute approximate surface area is 110 Å². The number of hydrogen-bond donors (Lipinski definition) is 0. The zero-order valence-corrected chi connectivity index (χ0v) is 10.8. The Hall–Kier alpha value is -1.49. The molecule has 2 fully saturated rings. The van der Waals surface area contributed by atoms with Crippen molar-refractivity contribution in [2.24, 2.45) is 5.41 Å². The van der Waals surface area contributed by atoms with Crippen LogP contribution in [0.5, 0.6) is 0 Å². The van der Waals surface area contributed by atoms with Gasteiger partial charge in [0.2, 0.25) is 5.91 Å². The third-order valence-electron chi connectivity index (χ3n) is 4.30. The molecule has 0 bridgehead atoms. The molecule has 102 valence electrons. The van der Waals surface area contributed by atoms with Crippen molar-refractivity contribution in [1.82, 2.24) is 4.90 Å². The minimum atomic E-state index is -0.670. The third-order valence-corrected chi connectivity index (χ3v) is 4.30. The van der Waals surface area contributed by atoms with Gasteiger partial charge in [0.15, 0.2) is 0 Å². The average molecular weight is 266 g/mol. The number of carbonyl (C=O) groups is 1. The summed E-state index contributed by atoms with van der Waals surface area (Å²) < 4.78 is 26.5. The van der Waals surface area contributed by atoms with Crippen LogP contribution >= 0.6 is 0 Å². The van der Waals surface area contributed by atoms with Crippen LogP contribution < -0.4 is 4.90 Å². The van der Waals surface area contributed by atoms with Gasteiger partial charge in [-0.3, -0.25) is 4.79 Å². The second kappa shape index (κ2) is 4.27. The molecule has 0 atom stereocenters. The van der Waals surface area contributed by atoms with Crippen LogP contribution in [-0.4, -0.2) is 37.5 Å². The summed E-state index contributed by atoms with van der Waals surface area (Å²) in [6.07, 6.45) is 1.64. The highest BCUT2D eigenvalue weighted by atomic mass is 19.1. The van der Waals surface area contributed by atoms with Gasteiger partial charge in [-0.05, 0) is 45.1 Å². The van der Waals surface area contributed by atoms with Crippen LogP contribution in [0.2, 0.25) is 0 Å². The number of carbonyl (C=O) groups excluding carboxylic acids is 1. The van der Waals surface area contributed by atoms with Gasteiger partial charge < -0.3 is 9.80 Å². The van der Waals surface area contributed by atoms with Crippen molar-refractivity contribution in [3.63, 3.8) is 0 Å². The number of likely N-dealkylation sites (tertiary alicyclic amines) is 1. The number of anilines is 1. The summed E-state index contributed by atoms with van der Waals surface area (Å²) >= 11 is 0. The van der Waals surface area contributed by atoms with Crippen LogP contribution in [0, 0.1) is 17.0 Å². The van der Waals surface area contributed by atoms with E-state index in [2.05, 4.69) is 4.90 Å². The van der Waals surface area contributed by atoms with E-state index in [1.54, 1.807) is 0 Å². The lowest BCUT2D eigenvalue weighted by Gasteiger charge is -2.52. The molecule has 2 saturated heterocycles. The van der Waals surface area contributed by atoms with Crippen LogP contribution in [0.1, 0.15) is 12.8 Å². The molecule has 3 nitrogen and oxygen atoms in total. The Kier molecular flexibility index (Phi) is 2.82. The SMILES string of the molecule is CN1CCC2(CC1)CN(c1ccc(F)cc1F)C2=O. The minimum absolute atomic E-state index is 0.0221. The quantitative estimate of drug-likeness (QED) is 0.726. The number of rotatable bonds is 1. The van der Waals surface area contributed by atoms with Gasteiger partial charge in [-0.15, -0.1) is 0 Å². The molecule has 1 spiro atoms. The van der Waals surface area contributed by atoms with Gasteiger partial charge in [0.1, 0.15) is 11.6 Å². The Morgan fingerprint density at radius 1 is 1.21 bits per heavy atom. The Balaban J connectivity index is 1.78. The molecular weight excluding hydrogens is 250 g/mol. The van der Waals surface area contributed by atoms with E-state index in [9.17, 15) is 13.6 Å². The first-order chi connectivity index (χ1) is 9.02. The monoisotopic (exact) mass is 266 g/mol. The lowest BCUT2D eigenvalue weighted by atomic mass is 9.71. The average Bonchev–Trinajstić information content (AvgIpc) is 2.39. The molecule has 0 N–H and O–H groups in total. The fraction of sp³-hybridized carbons (Fsp3) is 0.500. The van der Waals surface area contributed by atoms with Gasteiger partial charge in [-0.2, -0.15) is 0 Å². The van der Waals surface area contributed by atoms with Crippen molar-refractivity contribution in [2.45, 2.75) is 12.8 Å². The van der Waals surface area contributed by atoms with Gasteiger partial charge in [-0.1, -0.05) is 0 Å². The summed E-state index contributed by atoms with van der Waals surface area (Å²) in [5.74, 6) is -1.31. The van der Waals surface area contributed by atoms with Crippen LogP contribution in [0.25, 0.3) is 0 Å². The Morgan fingerprint density at radius 2 is 1.89 bits per heavy atom. The second-order valence-corrected chi connectivity index (χ2v) is 5.57. The highest BCUT2D eigenvalue weighted by Crippen LogP contribution is 2.44. The first-order valence-electron chi connectivity index (χ1n) is 6.47. The minimum Gasteiger partial charge on any atom is -0.308 e.